The predicted molar refractivity (Wildman–Crippen MR) is 69.2 cm³/mol. The third kappa shape index (κ3) is 3.02. The minimum Gasteiger partial charge on any atom is -0.408 e. The average Bonchev–Trinajstić information content (AvgIpc) is 2.78. The molecule has 0 amide bonds. The Bertz CT molecular complexity index is 523. The topological polar surface area (TPSA) is 27.1 Å². The molecule has 0 aliphatic rings. The van der Waals surface area contributed by atoms with Gasteiger partial charge in [-0.05, 0) is 23.3 Å². The Morgan fingerprint density at radius 3 is 2.88 bits per heavy atom. The molecule has 0 N–H and O–H groups in total. The minimum absolute atomic E-state index is 0.331. The molecule has 0 bridgehead atoms. The Morgan fingerprint density at radius 1 is 1.41 bits per heavy atom. The van der Waals surface area contributed by atoms with Crippen molar-refractivity contribution in [3.05, 3.63) is 59.1 Å². The molecule has 88 valence electrons. The molecule has 0 atom stereocenters. The number of hydrogen-bond acceptors (Lipinski definition) is 2. The molecule has 0 aliphatic carbocycles. The predicted octanol–water partition coefficient (Wildman–Crippen LogP) is 3.33. The summed E-state index contributed by atoms with van der Waals surface area (Å²) in [5.41, 5.74) is 1.61. The van der Waals surface area contributed by atoms with Crippen LogP contribution >= 0.6 is 23.2 Å². The summed E-state index contributed by atoms with van der Waals surface area (Å²) in [6.45, 7) is 4.26. The van der Waals surface area contributed by atoms with Crippen molar-refractivity contribution in [3.8, 4) is 0 Å². The fourth-order valence-electron chi connectivity index (χ4n) is 1.33. The molecule has 0 saturated heterocycles. The van der Waals surface area contributed by atoms with Crippen LogP contribution in [-0.4, -0.2) is 16.3 Å². The zero-order chi connectivity index (χ0) is 12.3. The Morgan fingerprint density at radius 2 is 2.24 bits per heavy atom. The average molecular weight is 269 g/mol. The van der Waals surface area contributed by atoms with Gasteiger partial charge in [-0.1, -0.05) is 35.8 Å². The summed E-state index contributed by atoms with van der Waals surface area (Å²) in [6.07, 6.45) is 4.91. The summed E-state index contributed by atoms with van der Waals surface area (Å²) >= 11 is 11.9. The molecular weight excluding hydrogens is 259 g/mol. The highest BCUT2D eigenvalue weighted by molar-refractivity contribution is 6.35. The van der Waals surface area contributed by atoms with Gasteiger partial charge in [0.25, 0.3) is 0 Å². The lowest BCUT2D eigenvalue weighted by Gasteiger charge is -2.10. The zero-order valence-corrected chi connectivity index (χ0v) is 10.4. The summed E-state index contributed by atoms with van der Waals surface area (Å²) < 4.78 is 1.51. The van der Waals surface area contributed by atoms with Crippen LogP contribution in [0.25, 0.3) is 5.57 Å². The number of nitrogens with zero attached hydrogens (tertiary/aromatic N) is 2. The monoisotopic (exact) mass is 268 g/mol. The molecule has 0 fully saturated rings. The highest BCUT2D eigenvalue weighted by Gasteiger charge is 2.06. The van der Waals surface area contributed by atoms with E-state index in [1.807, 2.05) is 6.07 Å². The van der Waals surface area contributed by atoms with Crippen molar-refractivity contribution in [2.45, 2.75) is 0 Å². The fourth-order valence-corrected chi connectivity index (χ4v) is 1.87. The van der Waals surface area contributed by atoms with Crippen LogP contribution in [-0.2, 0) is 0 Å². The van der Waals surface area contributed by atoms with E-state index < -0.39 is 0 Å². The molecule has 0 radical (unpaired) electrons. The number of rotatable bonds is 4. The Balaban J connectivity index is 2.04. The second-order valence-electron chi connectivity index (χ2n) is 3.42. The number of halogens is 2. The third-order valence-electron chi connectivity index (χ3n) is 2.18. The smallest absolute Gasteiger partial charge is 0.140 e. The summed E-state index contributed by atoms with van der Waals surface area (Å²) in [5, 5.41) is 1.17. The molecule has 2 aromatic rings. The van der Waals surface area contributed by atoms with Gasteiger partial charge in [0.15, 0.2) is 0 Å². The molecule has 1 heterocycles. The van der Waals surface area contributed by atoms with Crippen LogP contribution < -0.4 is 4.84 Å². The normalized spacial score (nSPS) is 10.2. The number of aromatic nitrogens is 2. The molecule has 0 spiro atoms. The van der Waals surface area contributed by atoms with E-state index in [1.54, 1.807) is 30.9 Å². The van der Waals surface area contributed by atoms with E-state index in [1.165, 1.54) is 4.73 Å². The third-order valence-corrected chi connectivity index (χ3v) is 2.73. The lowest BCUT2D eigenvalue weighted by molar-refractivity contribution is 0.139. The van der Waals surface area contributed by atoms with E-state index in [9.17, 15) is 0 Å². The van der Waals surface area contributed by atoms with Gasteiger partial charge in [-0.3, -0.25) is 0 Å². The molecular formula is C12H10Cl2N2O. The maximum atomic E-state index is 6.07. The standard InChI is InChI=1S/C12H10Cl2N2O/c1-9(7-17-16-5-4-15-8-16)11-3-2-10(13)6-12(11)14/h2-6,8H,1,7H2. The first-order valence-corrected chi connectivity index (χ1v) is 5.67. The Labute approximate surface area is 109 Å². The molecule has 0 saturated carbocycles. The molecule has 0 unspecified atom stereocenters. The van der Waals surface area contributed by atoms with Crippen molar-refractivity contribution in [2.24, 2.45) is 0 Å². The van der Waals surface area contributed by atoms with Gasteiger partial charge >= 0.3 is 0 Å². The van der Waals surface area contributed by atoms with Gasteiger partial charge in [-0.15, -0.1) is 0 Å². The van der Waals surface area contributed by atoms with E-state index >= 15 is 0 Å². The van der Waals surface area contributed by atoms with Gasteiger partial charge in [0, 0.05) is 16.2 Å². The van der Waals surface area contributed by atoms with Gasteiger partial charge < -0.3 is 4.84 Å². The second kappa shape index (κ2) is 5.25. The summed E-state index contributed by atoms with van der Waals surface area (Å²) in [7, 11) is 0. The van der Waals surface area contributed by atoms with Gasteiger partial charge in [-0.25, -0.2) is 4.98 Å². The van der Waals surface area contributed by atoms with Gasteiger partial charge in [0.05, 0.1) is 6.20 Å². The van der Waals surface area contributed by atoms with Crippen LogP contribution in [0.5, 0.6) is 0 Å². The first-order valence-electron chi connectivity index (χ1n) is 4.91. The molecule has 17 heavy (non-hydrogen) atoms. The fraction of sp³-hybridized carbons (Fsp3) is 0.0833. The first-order chi connectivity index (χ1) is 8.16. The summed E-state index contributed by atoms with van der Waals surface area (Å²) in [4.78, 5) is 9.28. The minimum atomic E-state index is 0.331. The number of imidazole rings is 1. The summed E-state index contributed by atoms with van der Waals surface area (Å²) in [6, 6.07) is 5.27. The van der Waals surface area contributed by atoms with Crippen LogP contribution in [0.2, 0.25) is 10.0 Å². The zero-order valence-electron chi connectivity index (χ0n) is 8.94. The van der Waals surface area contributed by atoms with Crippen molar-refractivity contribution in [3.63, 3.8) is 0 Å². The Hall–Kier alpha value is -1.45. The van der Waals surface area contributed by atoms with Crippen LogP contribution in [0.15, 0.2) is 43.5 Å². The van der Waals surface area contributed by atoms with Crippen LogP contribution in [0.3, 0.4) is 0 Å². The van der Waals surface area contributed by atoms with Crippen molar-refractivity contribution < 1.29 is 4.84 Å². The van der Waals surface area contributed by atoms with Crippen molar-refractivity contribution in [1.82, 2.24) is 9.71 Å². The maximum Gasteiger partial charge on any atom is 0.140 e. The van der Waals surface area contributed by atoms with E-state index in [0.29, 0.717) is 16.7 Å². The SMILES string of the molecule is C=C(COn1ccnc1)c1ccc(Cl)cc1Cl. The lowest BCUT2D eigenvalue weighted by Crippen LogP contribution is -2.11. The highest BCUT2D eigenvalue weighted by Crippen LogP contribution is 2.25. The van der Waals surface area contributed by atoms with Crippen molar-refractivity contribution in [1.29, 1.82) is 0 Å². The largest absolute Gasteiger partial charge is 0.408 e. The first kappa shape index (κ1) is 12.0. The Kier molecular flexibility index (Phi) is 3.71. The van der Waals surface area contributed by atoms with E-state index in [2.05, 4.69) is 11.6 Å². The van der Waals surface area contributed by atoms with Gasteiger partial charge in [0.2, 0.25) is 0 Å². The number of benzene rings is 1. The van der Waals surface area contributed by atoms with Crippen molar-refractivity contribution >= 4 is 28.8 Å². The molecule has 0 aliphatic heterocycles. The van der Waals surface area contributed by atoms with Gasteiger partial charge in [-0.2, -0.15) is 4.73 Å². The number of hydrogen-bond donors (Lipinski definition) is 0. The van der Waals surface area contributed by atoms with E-state index in [0.717, 1.165) is 11.1 Å². The van der Waals surface area contributed by atoms with E-state index in [4.69, 9.17) is 28.0 Å². The lowest BCUT2D eigenvalue weighted by atomic mass is 10.1. The molecule has 2 rings (SSSR count). The molecule has 1 aromatic carbocycles. The van der Waals surface area contributed by atoms with E-state index in [-0.39, 0.29) is 0 Å². The summed E-state index contributed by atoms with van der Waals surface area (Å²) in [5.74, 6) is 0. The van der Waals surface area contributed by atoms with Crippen molar-refractivity contribution in [2.75, 3.05) is 6.61 Å². The van der Waals surface area contributed by atoms with Gasteiger partial charge in [0.1, 0.15) is 12.9 Å². The molecule has 1 aromatic heterocycles. The quantitative estimate of drug-likeness (QED) is 0.851. The molecule has 5 heteroatoms. The molecule has 3 nitrogen and oxygen atoms in total. The van der Waals surface area contributed by atoms with Crippen LogP contribution in [0.1, 0.15) is 5.56 Å². The highest BCUT2D eigenvalue weighted by atomic mass is 35.5. The second-order valence-corrected chi connectivity index (χ2v) is 4.27. The van der Waals surface area contributed by atoms with Crippen LogP contribution in [0, 0.1) is 0 Å². The van der Waals surface area contributed by atoms with Crippen LogP contribution in [0.4, 0.5) is 0 Å². The maximum absolute atomic E-state index is 6.07.